The van der Waals surface area contributed by atoms with Gasteiger partial charge in [-0.15, -0.1) is 0 Å². The van der Waals surface area contributed by atoms with E-state index >= 15 is 0 Å². The van der Waals surface area contributed by atoms with E-state index in [0.717, 1.165) is 32.5 Å². The zero-order valence-electron chi connectivity index (χ0n) is 11.5. The van der Waals surface area contributed by atoms with Crippen LogP contribution in [0, 0.1) is 11.3 Å². The van der Waals surface area contributed by atoms with Crippen LogP contribution < -0.4 is 4.72 Å². The summed E-state index contributed by atoms with van der Waals surface area (Å²) >= 11 is 0. The third kappa shape index (κ3) is 3.57. The second kappa shape index (κ2) is 6.35. The van der Waals surface area contributed by atoms with E-state index < -0.39 is 10.0 Å². The minimum Gasteiger partial charge on any atom is -0.302 e. The fraction of sp³-hybridized carbons (Fsp3) is 0.500. The van der Waals surface area contributed by atoms with Crippen LogP contribution >= 0.6 is 0 Å². The Bertz CT molecular complexity index is 607. The Labute approximate surface area is 120 Å². The maximum Gasteiger partial charge on any atom is 0.240 e. The minimum atomic E-state index is -3.55. The summed E-state index contributed by atoms with van der Waals surface area (Å²) in [6.45, 7) is 4.78. The Morgan fingerprint density at radius 1 is 1.50 bits per heavy atom. The van der Waals surface area contributed by atoms with Gasteiger partial charge in [0.1, 0.15) is 0 Å². The molecule has 0 amide bonds. The van der Waals surface area contributed by atoms with E-state index in [1.165, 1.54) is 12.1 Å². The lowest BCUT2D eigenvalue weighted by molar-refractivity contribution is 0.211. The van der Waals surface area contributed by atoms with E-state index in [2.05, 4.69) is 16.5 Å². The molecule has 0 spiro atoms. The average Bonchev–Trinajstić information content (AvgIpc) is 2.47. The normalized spacial score (nSPS) is 20.5. The van der Waals surface area contributed by atoms with Gasteiger partial charge >= 0.3 is 0 Å². The molecule has 0 aromatic heterocycles. The number of hydrogen-bond donors (Lipinski definition) is 1. The maximum absolute atomic E-state index is 12.3. The molecule has 1 aliphatic rings. The number of likely N-dealkylation sites (N-methyl/N-ethyl adjacent to an activating group) is 1. The van der Waals surface area contributed by atoms with Crippen molar-refractivity contribution in [2.24, 2.45) is 0 Å². The third-order valence-corrected chi connectivity index (χ3v) is 5.07. The minimum absolute atomic E-state index is 0.0561. The molecule has 0 bridgehead atoms. The summed E-state index contributed by atoms with van der Waals surface area (Å²) in [6, 6.07) is 8.01. The molecule has 0 radical (unpaired) electrons. The van der Waals surface area contributed by atoms with Crippen LogP contribution in [-0.2, 0) is 10.0 Å². The molecule has 1 heterocycles. The second-order valence-electron chi connectivity index (χ2n) is 4.99. The van der Waals surface area contributed by atoms with Crippen LogP contribution in [0.2, 0.25) is 0 Å². The van der Waals surface area contributed by atoms with E-state index in [-0.39, 0.29) is 10.9 Å². The van der Waals surface area contributed by atoms with Gasteiger partial charge in [-0.25, -0.2) is 13.1 Å². The molecule has 0 aliphatic carbocycles. The maximum atomic E-state index is 12.3. The van der Waals surface area contributed by atoms with E-state index in [4.69, 9.17) is 5.26 Å². The van der Waals surface area contributed by atoms with Crippen molar-refractivity contribution >= 4 is 10.0 Å². The highest BCUT2D eigenvalue weighted by Crippen LogP contribution is 2.15. The molecular weight excluding hydrogens is 274 g/mol. The predicted octanol–water partition coefficient (Wildman–Crippen LogP) is 1.32. The third-order valence-electron chi connectivity index (χ3n) is 3.55. The topological polar surface area (TPSA) is 73.2 Å². The zero-order valence-corrected chi connectivity index (χ0v) is 12.4. The van der Waals surface area contributed by atoms with E-state index in [1.807, 2.05) is 6.07 Å². The van der Waals surface area contributed by atoms with Gasteiger partial charge in [-0.2, -0.15) is 5.26 Å². The highest BCUT2D eigenvalue weighted by atomic mass is 32.2. The van der Waals surface area contributed by atoms with Crippen molar-refractivity contribution in [1.82, 2.24) is 9.62 Å². The summed E-state index contributed by atoms with van der Waals surface area (Å²) < 4.78 is 27.4. The predicted molar refractivity (Wildman–Crippen MR) is 76.6 cm³/mol. The molecule has 6 heteroatoms. The van der Waals surface area contributed by atoms with Crippen LogP contribution in [0.15, 0.2) is 29.2 Å². The Morgan fingerprint density at radius 3 is 3.00 bits per heavy atom. The number of nitriles is 1. The molecule has 108 valence electrons. The summed E-state index contributed by atoms with van der Waals surface area (Å²) in [5.41, 5.74) is 0.353. The van der Waals surface area contributed by atoms with Crippen LogP contribution in [0.1, 0.15) is 25.3 Å². The SMILES string of the molecule is CCN1CCCC(NS(=O)(=O)c2cccc(C#N)c2)C1. The first-order chi connectivity index (χ1) is 9.55. The first-order valence-corrected chi connectivity index (χ1v) is 8.28. The van der Waals surface area contributed by atoms with Crippen molar-refractivity contribution in [2.75, 3.05) is 19.6 Å². The fourth-order valence-corrected chi connectivity index (χ4v) is 3.77. The van der Waals surface area contributed by atoms with Gasteiger partial charge in [0, 0.05) is 12.6 Å². The molecule has 20 heavy (non-hydrogen) atoms. The van der Waals surface area contributed by atoms with Crippen molar-refractivity contribution < 1.29 is 8.42 Å². The monoisotopic (exact) mass is 293 g/mol. The van der Waals surface area contributed by atoms with Gasteiger partial charge in [0.25, 0.3) is 0 Å². The number of rotatable bonds is 4. The van der Waals surface area contributed by atoms with Gasteiger partial charge in [0.2, 0.25) is 10.0 Å². The Balaban J connectivity index is 2.12. The van der Waals surface area contributed by atoms with Gasteiger partial charge in [-0.1, -0.05) is 13.0 Å². The summed E-state index contributed by atoms with van der Waals surface area (Å²) in [5, 5.41) is 8.84. The average molecular weight is 293 g/mol. The van der Waals surface area contributed by atoms with Gasteiger partial charge in [-0.05, 0) is 44.1 Å². The van der Waals surface area contributed by atoms with E-state index in [9.17, 15) is 8.42 Å². The molecule has 1 aliphatic heterocycles. The fourth-order valence-electron chi connectivity index (χ4n) is 2.46. The van der Waals surface area contributed by atoms with Crippen LogP contribution in [0.5, 0.6) is 0 Å². The molecule has 1 aromatic rings. The number of nitrogens with one attached hydrogen (secondary N) is 1. The van der Waals surface area contributed by atoms with Gasteiger partial charge in [0.15, 0.2) is 0 Å². The molecule has 1 aromatic carbocycles. The van der Waals surface area contributed by atoms with Gasteiger partial charge < -0.3 is 4.90 Å². The van der Waals surface area contributed by atoms with Gasteiger partial charge in [-0.3, -0.25) is 0 Å². The van der Waals surface area contributed by atoms with Crippen LogP contribution in [0.4, 0.5) is 0 Å². The standard InChI is InChI=1S/C14H19N3O2S/c1-2-17-8-4-6-13(11-17)16-20(18,19)14-7-3-5-12(9-14)10-15/h3,5,7,9,13,16H,2,4,6,8,11H2,1H3. The smallest absolute Gasteiger partial charge is 0.240 e. The van der Waals surface area contributed by atoms with Gasteiger partial charge in [0.05, 0.1) is 16.5 Å². The Morgan fingerprint density at radius 2 is 2.30 bits per heavy atom. The first kappa shape index (κ1) is 15.0. The number of nitrogens with zero attached hydrogens (tertiary/aromatic N) is 2. The first-order valence-electron chi connectivity index (χ1n) is 6.80. The lowest BCUT2D eigenvalue weighted by Crippen LogP contribution is -2.47. The van der Waals surface area contributed by atoms with Crippen molar-refractivity contribution in [3.05, 3.63) is 29.8 Å². The largest absolute Gasteiger partial charge is 0.302 e. The Hall–Kier alpha value is -1.42. The quantitative estimate of drug-likeness (QED) is 0.908. The number of benzene rings is 1. The lowest BCUT2D eigenvalue weighted by atomic mass is 10.1. The van der Waals surface area contributed by atoms with Crippen LogP contribution in [0.25, 0.3) is 0 Å². The van der Waals surface area contributed by atoms with E-state index in [0.29, 0.717) is 5.56 Å². The summed E-state index contributed by atoms with van der Waals surface area (Å²) in [4.78, 5) is 2.40. The zero-order chi connectivity index (χ0) is 14.6. The number of piperidine rings is 1. The number of likely N-dealkylation sites (tertiary alicyclic amines) is 1. The van der Waals surface area contributed by atoms with E-state index in [1.54, 1.807) is 12.1 Å². The summed E-state index contributed by atoms with van der Waals surface area (Å²) in [6.07, 6.45) is 1.85. The van der Waals surface area contributed by atoms with Crippen molar-refractivity contribution in [2.45, 2.75) is 30.7 Å². The molecule has 2 rings (SSSR count). The summed E-state index contributed by atoms with van der Waals surface area (Å²) in [7, 11) is -3.55. The molecule has 0 saturated carbocycles. The Kier molecular flexibility index (Phi) is 4.76. The molecular formula is C14H19N3O2S. The molecule has 1 fully saturated rings. The van der Waals surface area contributed by atoms with Crippen molar-refractivity contribution in [3.63, 3.8) is 0 Å². The molecule has 1 unspecified atom stereocenters. The van der Waals surface area contributed by atoms with Crippen molar-refractivity contribution in [3.8, 4) is 6.07 Å². The molecule has 1 saturated heterocycles. The van der Waals surface area contributed by atoms with Crippen molar-refractivity contribution in [1.29, 1.82) is 5.26 Å². The highest BCUT2D eigenvalue weighted by molar-refractivity contribution is 7.89. The second-order valence-corrected chi connectivity index (χ2v) is 6.71. The number of hydrogen-bond acceptors (Lipinski definition) is 4. The molecule has 1 atom stereocenters. The highest BCUT2D eigenvalue weighted by Gasteiger charge is 2.24. The molecule has 1 N–H and O–H groups in total. The van der Waals surface area contributed by atoms with Crippen LogP contribution in [-0.4, -0.2) is 39.0 Å². The summed E-state index contributed by atoms with van der Waals surface area (Å²) in [5.74, 6) is 0. The van der Waals surface area contributed by atoms with Crippen LogP contribution in [0.3, 0.4) is 0 Å². The lowest BCUT2D eigenvalue weighted by Gasteiger charge is -2.32. The number of sulfonamides is 1. The molecule has 5 nitrogen and oxygen atoms in total.